The van der Waals surface area contributed by atoms with Crippen LogP contribution in [0.3, 0.4) is 0 Å². The highest BCUT2D eigenvalue weighted by atomic mass is 16.5. The van der Waals surface area contributed by atoms with Gasteiger partial charge in [0.1, 0.15) is 5.75 Å². The molecule has 0 aliphatic heterocycles. The van der Waals surface area contributed by atoms with Crippen molar-refractivity contribution in [1.29, 1.82) is 0 Å². The van der Waals surface area contributed by atoms with Crippen LogP contribution in [0, 0.1) is 5.92 Å². The van der Waals surface area contributed by atoms with Gasteiger partial charge in [0.05, 0.1) is 12.3 Å². The van der Waals surface area contributed by atoms with Crippen LogP contribution in [0.15, 0.2) is 18.2 Å². The van der Waals surface area contributed by atoms with E-state index in [0.29, 0.717) is 29.5 Å². The number of anilines is 1. The van der Waals surface area contributed by atoms with Crippen molar-refractivity contribution in [2.45, 2.75) is 32.1 Å². The summed E-state index contributed by atoms with van der Waals surface area (Å²) in [6.45, 7) is 0.698. The number of nitrogens with two attached hydrogens (primary N) is 1. The molecule has 4 heteroatoms. The minimum Gasteiger partial charge on any atom is -0.491 e. The molecular formula is C16H24N2O2. The lowest BCUT2D eigenvalue weighted by Gasteiger charge is -2.22. The van der Waals surface area contributed by atoms with E-state index in [1.807, 2.05) is 0 Å². The lowest BCUT2D eigenvalue weighted by atomic mass is 9.90. The standard InChI is InChI=1S/C16H24N2O2/c1-18(2)16(19)13-8-9-14(17)15(10-13)20-11-12-6-4-3-5-7-12/h8-10,12H,3-7,11,17H2,1-2H3. The van der Waals surface area contributed by atoms with Gasteiger partial charge in [0.25, 0.3) is 5.91 Å². The third-order valence-corrected chi connectivity index (χ3v) is 3.87. The average Bonchev–Trinajstić information content (AvgIpc) is 2.46. The van der Waals surface area contributed by atoms with Crippen molar-refractivity contribution in [3.63, 3.8) is 0 Å². The molecule has 1 saturated carbocycles. The fraction of sp³-hybridized carbons (Fsp3) is 0.562. The van der Waals surface area contributed by atoms with Gasteiger partial charge in [-0.3, -0.25) is 4.79 Å². The number of carbonyl (C=O) groups is 1. The van der Waals surface area contributed by atoms with Gasteiger partial charge in [-0.15, -0.1) is 0 Å². The van der Waals surface area contributed by atoms with E-state index in [9.17, 15) is 4.79 Å². The zero-order valence-corrected chi connectivity index (χ0v) is 12.4. The summed E-state index contributed by atoms with van der Waals surface area (Å²) in [4.78, 5) is 13.5. The monoisotopic (exact) mass is 276 g/mol. The molecule has 0 saturated heterocycles. The molecule has 2 rings (SSSR count). The Morgan fingerprint density at radius 1 is 1.30 bits per heavy atom. The smallest absolute Gasteiger partial charge is 0.253 e. The number of nitrogens with zero attached hydrogens (tertiary/aromatic N) is 1. The maximum Gasteiger partial charge on any atom is 0.253 e. The van der Waals surface area contributed by atoms with Crippen molar-refractivity contribution >= 4 is 11.6 Å². The van der Waals surface area contributed by atoms with E-state index >= 15 is 0 Å². The molecule has 0 aromatic heterocycles. The van der Waals surface area contributed by atoms with Crippen LogP contribution in [-0.2, 0) is 0 Å². The molecule has 0 heterocycles. The van der Waals surface area contributed by atoms with Crippen molar-refractivity contribution in [2.75, 3.05) is 26.4 Å². The van der Waals surface area contributed by atoms with Gasteiger partial charge in [-0.1, -0.05) is 19.3 Å². The minimum absolute atomic E-state index is 0.0347. The Kier molecular flexibility index (Phi) is 4.88. The number of amides is 1. The molecular weight excluding hydrogens is 252 g/mol. The lowest BCUT2D eigenvalue weighted by molar-refractivity contribution is 0.0827. The van der Waals surface area contributed by atoms with Gasteiger partial charge in [-0.2, -0.15) is 0 Å². The summed E-state index contributed by atoms with van der Waals surface area (Å²) in [5, 5.41) is 0. The maximum atomic E-state index is 11.9. The molecule has 2 N–H and O–H groups in total. The van der Waals surface area contributed by atoms with E-state index in [-0.39, 0.29) is 5.91 Å². The van der Waals surface area contributed by atoms with Crippen LogP contribution in [0.4, 0.5) is 5.69 Å². The number of hydrogen-bond acceptors (Lipinski definition) is 3. The van der Waals surface area contributed by atoms with Gasteiger partial charge in [-0.25, -0.2) is 0 Å². The molecule has 1 amide bonds. The first-order valence-electron chi connectivity index (χ1n) is 7.32. The summed E-state index contributed by atoms with van der Waals surface area (Å²) < 4.78 is 5.85. The molecule has 110 valence electrons. The van der Waals surface area contributed by atoms with Gasteiger partial charge in [0.2, 0.25) is 0 Å². The predicted octanol–water partition coefficient (Wildman–Crippen LogP) is 2.93. The molecule has 1 aromatic rings. The Labute approximate surface area is 120 Å². The molecule has 1 aromatic carbocycles. The van der Waals surface area contributed by atoms with E-state index in [1.54, 1.807) is 37.2 Å². The first kappa shape index (κ1) is 14.7. The zero-order valence-electron chi connectivity index (χ0n) is 12.4. The first-order chi connectivity index (χ1) is 9.58. The second-order valence-corrected chi connectivity index (χ2v) is 5.77. The first-order valence-corrected chi connectivity index (χ1v) is 7.32. The van der Waals surface area contributed by atoms with Crippen molar-refractivity contribution in [1.82, 2.24) is 4.90 Å². The van der Waals surface area contributed by atoms with Crippen LogP contribution >= 0.6 is 0 Å². The Morgan fingerprint density at radius 2 is 2.00 bits per heavy atom. The highest BCUT2D eigenvalue weighted by molar-refractivity contribution is 5.94. The Bertz CT molecular complexity index is 466. The molecule has 1 aliphatic carbocycles. The summed E-state index contributed by atoms with van der Waals surface area (Å²) in [6.07, 6.45) is 6.39. The van der Waals surface area contributed by atoms with Crippen LogP contribution in [0.1, 0.15) is 42.5 Å². The van der Waals surface area contributed by atoms with Crippen LogP contribution in [0.2, 0.25) is 0 Å². The van der Waals surface area contributed by atoms with Gasteiger partial charge in [-0.05, 0) is 37.0 Å². The Morgan fingerprint density at radius 3 is 2.65 bits per heavy atom. The van der Waals surface area contributed by atoms with Crippen LogP contribution in [-0.4, -0.2) is 31.5 Å². The molecule has 20 heavy (non-hydrogen) atoms. The Hall–Kier alpha value is -1.71. The molecule has 1 aliphatic rings. The molecule has 0 radical (unpaired) electrons. The highest BCUT2D eigenvalue weighted by Crippen LogP contribution is 2.27. The Balaban J connectivity index is 2.02. The molecule has 4 nitrogen and oxygen atoms in total. The van der Waals surface area contributed by atoms with E-state index in [2.05, 4.69) is 0 Å². The normalized spacial score (nSPS) is 15.9. The van der Waals surface area contributed by atoms with Crippen LogP contribution in [0.5, 0.6) is 5.75 Å². The molecule has 0 bridgehead atoms. The average molecular weight is 276 g/mol. The minimum atomic E-state index is -0.0347. The summed E-state index contributed by atoms with van der Waals surface area (Å²) in [5.41, 5.74) is 7.14. The van der Waals surface area contributed by atoms with Crippen molar-refractivity contribution < 1.29 is 9.53 Å². The summed E-state index contributed by atoms with van der Waals surface area (Å²) in [7, 11) is 3.47. The van der Waals surface area contributed by atoms with Crippen LogP contribution in [0.25, 0.3) is 0 Å². The largest absolute Gasteiger partial charge is 0.491 e. The number of benzene rings is 1. The number of ether oxygens (including phenoxy) is 1. The lowest BCUT2D eigenvalue weighted by Crippen LogP contribution is -2.22. The van der Waals surface area contributed by atoms with E-state index in [1.165, 1.54) is 32.1 Å². The quantitative estimate of drug-likeness (QED) is 0.860. The van der Waals surface area contributed by atoms with Crippen molar-refractivity contribution in [3.8, 4) is 5.75 Å². The summed E-state index contributed by atoms with van der Waals surface area (Å²) in [6, 6.07) is 5.23. The second-order valence-electron chi connectivity index (χ2n) is 5.77. The molecule has 0 spiro atoms. The van der Waals surface area contributed by atoms with Crippen molar-refractivity contribution in [2.24, 2.45) is 5.92 Å². The summed E-state index contributed by atoms with van der Waals surface area (Å²) >= 11 is 0. The van der Waals surface area contributed by atoms with E-state index in [4.69, 9.17) is 10.5 Å². The van der Waals surface area contributed by atoms with Crippen molar-refractivity contribution in [3.05, 3.63) is 23.8 Å². The zero-order chi connectivity index (χ0) is 14.5. The molecule has 1 fully saturated rings. The van der Waals surface area contributed by atoms with Crippen LogP contribution < -0.4 is 10.5 Å². The number of nitrogen functional groups attached to an aromatic ring is 1. The van der Waals surface area contributed by atoms with Gasteiger partial charge in [0.15, 0.2) is 0 Å². The van der Waals surface area contributed by atoms with Gasteiger partial charge < -0.3 is 15.4 Å². The fourth-order valence-electron chi connectivity index (χ4n) is 2.61. The number of carbonyl (C=O) groups excluding carboxylic acids is 1. The highest BCUT2D eigenvalue weighted by Gasteiger charge is 2.16. The fourth-order valence-corrected chi connectivity index (χ4v) is 2.61. The molecule has 0 unspecified atom stereocenters. The third kappa shape index (κ3) is 3.65. The molecule has 0 atom stereocenters. The third-order valence-electron chi connectivity index (χ3n) is 3.87. The maximum absolute atomic E-state index is 11.9. The SMILES string of the molecule is CN(C)C(=O)c1ccc(N)c(OCC2CCCCC2)c1. The predicted molar refractivity (Wildman–Crippen MR) is 80.9 cm³/mol. The van der Waals surface area contributed by atoms with Gasteiger partial charge >= 0.3 is 0 Å². The number of hydrogen-bond donors (Lipinski definition) is 1. The van der Waals surface area contributed by atoms with E-state index in [0.717, 1.165) is 0 Å². The summed E-state index contributed by atoms with van der Waals surface area (Å²) in [5.74, 6) is 1.21. The topological polar surface area (TPSA) is 55.6 Å². The van der Waals surface area contributed by atoms with E-state index < -0.39 is 0 Å². The number of rotatable bonds is 4. The second kappa shape index (κ2) is 6.64. The van der Waals surface area contributed by atoms with Gasteiger partial charge in [0, 0.05) is 19.7 Å².